The van der Waals surface area contributed by atoms with Crippen molar-refractivity contribution >= 4 is 23.3 Å². The standard InChI is InChI=1S/C14H21N3O3S/c1-8-10(21-12(15-8)14(2,3)4)11(18)16-9-6-17(7-9)13(19)20-5/h9H,6-7H2,1-5H3,(H,16,18). The lowest BCUT2D eigenvalue weighted by Crippen LogP contribution is -2.60. The highest BCUT2D eigenvalue weighted by Gasteiger charge is 2.33. The molecule has 2 rings (SSSR count). The molecule has 0 saturated carbocycles. The summed E-state index contributed by atoms with van der Waals surface area (Å²) >= 11 is 1.43. The van der Waals surface area contributed by atoms with Crippen LogP contribution in [-0.4, -0.2) is 48.1 Å². The Morgan fingerprint density at radius 3 is 2.48 bits per heavy atom. The summed E-state index contributed by atoms with van der Waals surface area (Å²) in [5.74, 6) is -0.116. The van der Waals surface area contributed by atoms with Crippen LogP contribution in [0, 0.1) is 6.92 Å². The third-order valence-corrected chi connectivity index (χ3v) is 4.88. The number of hydrogen-bond acceptors (Lipinski definition) is 5. The second kappa shape index (κ2) is 5.63. The molecule has 0 atom stereocenters. The molecule has 1 aromatic rings. The van der Waals surface area contributed by atoms with Crippen molar-refractivity contribution < 1.29 is 14.3 Å². The number of nitrogens with zero attached hydrogens (tertiary/aromatic N) is 2. The van der Waals surface area contributed by atoms with Gasteiger partial charge in [0.2, 0.25) is 0 Å². The largest absolute Gasteiger partial charge is 0.453 e. The number of hydrogen-bond donors (Lipinski definition) is 1. The fraction of sp³-hybridized carbons (Fsp3) is 0.643. The Hall–Kier alpha value is -1.63. The normalized spacial score (nSPS) is 15.6. The minimum Gasteiger partial charge on any atom is -0.453 e. The molecule has 1 aliphatic heterocycles. The molecule has 1 saturated heterocycles. The highest BCUT2D eigenvalue weighted by Crippen LogP contribution is 2.29. The van der Waals surface area contributed by atoms with Gasteiger partial charge >= 0.3 is 6.09 Å². The summed E-state index contributed by atoms with van der Waals surface area (Å²) in [7, 11) is 1.35. The SMILES string of the molecule is COC(=O)N1CC(NC(=O)c2sc(C(C)(C)C)nc2C)C1. The second-order valence-corrected chi connectivity index (χ2v) is 7.23. The minimum absolute atomic E-state index is 0.0174. The summed E-state index contributed by atoms with van der Waals surface area (Å²) in [6, 6.07) is -0.0174. The lowest BCUT2D eigenvalue weighted by atomic mass is 9.98. The monoisotopic (exact) mass is 311 g/mol. The molecular weight excluding hydrogens is 290 g/mol. The van der Waals surface area contributed by atoms with Gasteiger partial charge in [-0.25, -0.2) is 9.78 Å². The summed E-state index contributed by atoms with van der Waals surface area (Å²) in [5.41, 5.74) is 0.693. The van der Waals surface area contributed by atoms with Gasteiger partial charge in [0.15, 0.2) is 0 Å². The Kier molecular flexibility index (Phi) is 4.22. The maximum absolute atomic E-state index is 12.3. The van der Waals surface area contributed by atoms with Crippen LogP contribution in [-0.2, 0) is 10.2 Å². The van der Waals surface area contributed by atoms with E-state index in [2.05, 4.69) is 35.8 Å². The first kappa shape index (κ1) is 15.8. The Bertz CT molecular complexity index is 556. The molecule has 2 heterocycles. The van der Waals surface area contributed by atoms with Crippen LogP contribution in [0.15, 0.2) is 0 Å². The number of ether oxygens (including phenoxy) is 1. The molecule has 116 valence electrons. The van der Waals surface area contributed by atoms with Gasteiger partial charge in [0.25, 0.3) is 5.91 Å². The molecule has 0 spiro atoms. The van der Waals surface area contributed by atoms with E-state index < -0.39 is 0 Å². The lowest BCUT2D eigenvalue weighted by molar-refractivity contribution is 0.0699. The topological polar surface area (TPSA) is 71.5 Å². The molecule has 0 aromatic carbocycles. The third kappa shape index (κ3) is 3.34. The molecule has 1 N–H and O–H groups in total. The number of likely N-dealkylation sites (tertiary alicyclic amines) is 1. The summed E-state index contributed by atoms with van der Waals surface area (Å²) in [6.07, 6.45) is -0.357. The van der Waals surface area contributed by atoms with Crippen molar-refractivity contribution in [2.75, 3.05) is 20.2 Å². The van der Waals surface area contributed by atoms with Crippen LogP contribution in [0.3, 0.4) is 0 Å². The van der Waals surface area contributed by atoms with Crippen molar-refractivity contribution in [1.82, 2.24) is 15.2 Å². The van der Waals surface area contributed by atoms with Crippen molar-refractivity contribution in [3.05, 3.63) is 15.6 Å². The van der Waals surface area contributed by atoms with E-state index in [4.69, 9.17) is 0 Å². The molecule has 1 aromatic heterocycles. The number of aryl methyl sites for hydroxylation is 1. The van der Waals surface area contributed by atoms with Gasteiger partial charge in [0.1, 0.15) is 4.88 Å². The van der Waals surface area contributed by atoms with Crippen LogP contribution in [0.5, 0.6) is 0 Å². The first-order valence-electron chi connectivity index (χ1n) is 6.84. The van der Waals surface area contributed by atoms with Crippen molar-refractivity contribution in [2.45, 2.75) is 39.2 Å². The molecule has 7 heteroatoms. The van der Waals surface area contributed by atoms with Gasteiger partial charge in [-0.3, -0.25) is 4.79 Å². The fourth-order valence-electron chi connectivity index (χ4n) is 2.03. The van der Waals surface area contributed by atoms with Crippen molar-refractivity contribution in [3.8, 4) is 0 Å². The molecule has 0 bridgehead atoms. The first-order valence-corrected chi connectivity index (χ1v) is 7.65. The second-order valence-electron chi connectivity index (χ2n) is 6.23. The van der Waals surface area contributed by atoms with E-state index in [-0.39, 0.29) is 23.5 Å². The quantitative estimate of drug-likeness (QED) is 0.906. The molecule has 0 aliphatic carbocycles. The van der Waals surface area contributed by atoms with Crippen molar-refractivity contribution in [3.63, 3.8) is 0 Å². The Morgan fingerprint density at radius 2 is 2.00 bits per heavy atom. The number of amides is 2. The fourth-order valence-corrected chi connectivity index (χ4v) is 3.05. The highest BCUT2D eigenvalue weighted by molar-refractivity contribution is 7.14. The maximum Gasteiger partial charge on any atom is 0.409 e. The average molecular weight is 311 g/mol. The van der Waals surface area contributed by atoms with Crippen molar-refractivity contribution in [2.24, 2.45) is 0 Å². The zero-order valence-corrected chi connectivity index (χ0v) is 13.8. The van der Waals surface area contributed by atoms with Gasteiger partial charge in [-0.15, -0.1) is 11.3 Å². The number of rotatable bonds is 2. The maximum atomic E-state index is 12.3. The van der Waals surface area contributed by atoms with Gasteiger partial charge in [-0.1, -0.05) is 20.8 Å². The third-order valence-electron chi connectivity index (χ3n) is 3.29. The Morgan fingerprint density at radius 1 is 1.38 bits per heavy atom. The minimum atomic E-state index is -0.357. The van der Waals surface area contributed by atoms with E-state index in [1.807, 2.05) is 6.92 Å². The average Bonchev–Trinajstić information content (AvgIpc) is 2.74. The van der Waals surface area contributed by atoms with Crippen LogP contribution < -0.4 is 5.32 Å². The van der Waals surface area contributed by atoms with Crippen LogP contribution in [0.1, 0.15) is 41.1 Å². The Balaban J connectivity index is 1.96. The number of thiazole rings is 1. The number of carbonyl (C=O) groups is 2. The predicted octanol–water partition coefficient (Wildman–Crippen LogP) is 1.93. The zero-order valence-electron chi connectivity index (χ0n) is 13.0. The highest BCUT2D eigenvalue weighted by atomic mass is 32.1. The molecule has 0 radical (unpaired) electrons. The van der Waals surface area contributed by atoms with Gasteiger partial charge in [-0.05, 0) is 6.92 Å². The number of carbonyl (C=O) groups excluding carboxylic acids is 2. The van der Waals surface area contributed by atoms with Gasteiger partial charge in [-0.2, -0.15) is 0 Å². The van der Waals surface area contributed by atoms with E-state index in [1.54, 1.807) is 4.90 Å². The summed E-state index contributed by atoms with van der Waals surface area (Å²) in [5, 5.41) is 3.88. The molecule has 0 unspecified atom stereocenters. The molecule has 2 amide bonds. The van der Waals surface area contributed by atoms with Crippen LogP contribution in [0.4, 0.5) is 4.79 Å². The molecule has 6 nitrogen and oxygen atoms in total. The molecular formula is C14H21N3O3S. The van der Waals surface area contributed by atoms with E-state index in [0.29, 0.717) is 18.0 Å². The number of nitrogens with one attached hydrogen (secondary N) is 1. The predicted molar refractivity (Wildman–Crippen MR) is 80.8 cm³/mol. The summed E-state index contributed by atoms with van der Waals surface area (Å²) in [4.78, 5) is 30.2. The Labute approximate surface area is 128 Å². The van der Waals surface area contributed by atoms with Crippen LogP contribution in [0.25, 0.3) is 0 Å². The molecule has 1 aliphatic rings. The lowest BCUT2D eigenvalue weighted by Gasteiger charge is -2.38. The van der Waals surface area contributed by atoms with E-state index in [0.717, 1.165) is 10.7 Å². The smallest absolute Gasteiger partial charge is 0.409 e. The number of methoxy groups -OCH3 is 1. The van der Waals surface area contributed by atoms with Crippen LogP contribution >= 0.6 is 11.3 Å². The van der Waals surface area contributed by atoms with Crippen LogP contribution in [0.2, 0.25) is 0 Å². The van der Waals surface area contributed by atoms with Crippen molar-refractivity contribution in [1.29, 1.82) is 0 Å². The molecule has 21 heavy (non-hydrogen) atoms. The van der Waals surface area contributed by atoms with Gasteiger partial charge in [0, 0.05) is 18.5 Å². The molecule has 1 fully saturated rings. The zero-order chi connectivity index (χ0) is 15.8. The van der Waals surface area contributed by atoms with E-state index >= 15 is 0 Å². The van der Waals surface area contributed by atoms with Gasteiger partial charge < -0.3 is 15.0 Å². The first-order chi connectivity index (χ1) is 9.72. The van der Waals surface area contributed by atoms with Gasteiger partial charge in [0.05, 0.1) is 23.9 Å². The number of aromatic nitrogens is 1. The van der Waals surface area contributed by atoms with E-state index in [1.165, 1.54) is 18.4 Å². The summed E-state index contributed by atoms with van der Waals surface area (Å²) in [6.45, 7) is 9.06. The summed E-state index contributed by atoms with van der Waals surface area (Å²) < 4.78 is 4.62. The van der Waals surface area contributed by atoms with E-state index in [9.17, 15) is 9.59 Å².